The minimum Gasteiger partial charge on any atom is -0.465 e. The molecule has 96 valence electrons. The summed E-state index contributed by atoms with van der Waals surface area (Å²) >= 11 is 0. The van der Waals surface area contributed by atoms with E-state index in [0.29, 0.717) is 25.9 Å². The fourth-order valence-corrected chi connectivity index (χ4v) is 3.16. The van der Waals surface area contributed by atoms with E-state index in [4.69, 9.17) is 5.11 Å². The lowest BCUT2D eigenvalue weighted by Gasteiger charge is -2.37. The Morgan fingerprint density at radius 1 is 1.41 bits per heavy atom. The second-order valence-electron chi connectivity index (χ2n) is 5.30. The summed E-state index contributed by atoms with van der Waals surface area (Å²) in [5.74, 6) is -0.0936. The van der Waals surface area contributed by atoms with Crippen molar-refractivity contribution >= 4 is 11.9 Å². The van der Waals surface area contributed by atoms with Crippen molar-refractivity contribution in [1.29, 1.82) is 0 Å². The number of aliphatic hydroxyl groups excluding tert-OH is 1. The lowest BCUT2D eigenvalue weighted by atomic mass is 9.75. The van der Waals surface area contributed by atoms with Crippen molar-refractivity contribution in [1.82, 2.24) is 4.90 Å². The Labute approximate surface area is 100 Å². The van der Waals surface area contributed by atoms with Gasteiger partial charge in [0, 0.05) is 24.4 Å². The maximum absolute atomic E-state index is 12.3. The summed E-state index contributed by atoms with van der Waals surface area (Å²) < 4.78 is 0. The van der Waals surface area contributed by atoms with Crippen molar-refractivity contribution in [3.05, 3.63) is 0 Å². The molecule has 2 unspecified atom stereocenters. The number of piperidine rings is 1. The van der Waals surface area contributed by atoms with E-state index in [0.717, 1.165) is 12.8 Å². The highest BCUT2D eigenvalue weighted by atomic mass is 16.4. The minimum atomic E-state index is -0.905. The molecule has 1 saturated carbocycles. The first kappa shape index (κ1) is 12.4. The van der Waals surface area contributed by atoms with Crippen LogP contribution in [0.5, 0.6) is 0 Å². The fourth-order valence-electron chi connectivity index (χ4n) is 3.16. The highest BCUT2D eigenvalue weighted by Crippen LogP contribution is 2.46. The van der Waals surface area contributed by atoms with E-state index in [-0.39, 0.29) is 17.1 Å². The largest absolute Gasteiger partial charge is 0.465 e. The lowest BCUT2D eigenvalue weighted by molar-refractivity contribution is -0.133. The highest BCUT2D eigenvalue weighted by molar-refractivity contribution is 5.89. The Bertz CT molecular complexity index is 331. The molecule has 2 aliphatic rings. The van der Waals surface area contributed by atoms with Crippen LogP contribution in [-0.4, -0.2) is 46.2 Å². The van der Waals surface area contributed by atoms with Gasteiger partial charge in [0.1, 0.15) is 5.78 Å². The zero-order valence-electron chi connectivity index (χ0n) is 10.1. The molecule has 2 atom stereocenters. The summed E-state index contributed by atoms with van der Waals surface area (Å²) in [6.07, 6.45) is 1.28. The minimum absolute atomic E-state index is 0.150. The molecular weight excluding hydrogens is 222 g/mol. The molecule has 1 aliphatic heterocycles. The molecule has 2 rings (SSSR count). The topological polar surface area (TPSA) is 77.8 Å². The Morgan fingerprint density at radius 2 is 2.00 bits per heavy atom. The van der Waals surface area contributed by atoms with Gasteiger partial charge < -0.3 is 15.1 Å². The van der Waals surface area contributed by atoms with Crippen molar-refractivity contribution in [3.8, 4) is 0 Å². The second-order valence-corrected chi connectivity index (χ2v) is 5.30. The number of hydrogen-bond acceptors (Lipinski definition) is 3. The molecule has 5 heteroatoms. The van der Waals surface area contributed by atoms with Gasteiger partial charge in [0.05, 0.1) is 6.10 Å². The summed E-state index contributed by atoms with van der Waals surface area (Å²) in [6.45, 7) is 2.54. The molecule has 0 aromatic carbocycles. The fraction of sp³-hybridized carbons (Fsp3) is 0.833. The van der Waals surface area contributed by atoms with Gasteiger partial charge in [-0.25, -0.2) is 4.79 Å². The van der Waals surface area contributed by atoms with Crippen LogP contribution in [0.15, 0.2) is 0 Å². The summed E-state index contributed by atoms with van der Waals surface area (Å²) in [7, 11) is 0. The van der Waals surface area contributed by atoms with E-state index in [1.54, 1.807) is 6.92 Å². The van der Waals surface area contributed by atoms with E-state index in [1.165, 1.54) is 4.90 Å². The number of aliphatic hydroxyl groups is 1. The standard InChI is InChI=1S/C12H19NO4/c1-8(14)9-2-3-12(10(9)15)4-6-13(7-5-12)11(16)17/h8-9,14H,2-7H2,1H3,(H,16,17). The molecule has 0 radical (unpaired) electrons. The number of amides is 1. The van der Waals surface area contributed by atoms with Crippen LogP contribution in [0.1, 0.15) is 32.6 Å². The molecule has 1 heterocycles. The highest BCUT2D eigenvalue weighted by Gasteiger charge is 2.50. The van der Waals surface area contributed by atoms with Gasteiger partial charge in [0.25, 0.3) is 0 Å². The predicted molar refractivity (Wildman–Crippen MR) is 60.7 cm³/mol. The summed E-state index contributed by atoms with van der Waals surface area (Å²) in [5.41, 5.74) is -0.354. The van der Waals surface area contributed by atoms with Gasteiger partial charge in [-0.3, -0.25) is 4.79 Å². The van der Waals surface area contributed by atoms with E-state index in [1.807, 2.05) is 0 Å². The van der Waals surface area contributed by atoms with E-state index < -0.39 is 12.2 Å². The molecule has 17 heavy (non-hydrogen) atoms. The third-order valence-corrected chi connectivity index (χ3v) is 4.37. The quantitative estimate of drug-likeness (QED) is 0.720. The Balaban J connectivity index is 2.04. The lowest BCUT2D eigenvalue weighted by Crippen LogP contribution is -2.45. The summed E-state index contributed by atoms with van der Waals surface area (Å²) in [4.78, 5) is 24.5. The molecule has 1 saturated heterocycles. The first-order chi connectivity index (χ1) is 7.96. The Hall–Kier alpha value is -1.10. The molecule has 1 spiro atoms. The number of rotatable bonds is 1. The number of hydrogen-bond donors (Lipinski definition) is 2. The van der Waals surface area contributed by atoms with Crippen LogP contribution < -0.4 is 0 Å². The molecule has 1 amide bonds. The average molecular weight is 241 g/mol. The van der Waals surface area contributed by atoms with Crippen molar-refractivity contribution in [2.75, 3.05) is 13.1 Å². The van der Waals surface area contributed by atoms with Crippen LogP contribution in [0.4, 0.5) is 4.79 Å². The molecule has 1 aliphatic carbocycles. The van der Waals surface area contributed by atoms with Crippen LogP contribution in [0.3, 0.4) is 0 Å². The van der Waals surface area contributed by atoms with Crippen molar-refractivity contribution in [2.45, 2.75) is 38.7 Å². The van der Waals surface area contributed by atoms with Gasteiger partial charge in [-0.1, -0.05) is 0 Å². The van der Waals surface area contributed by atoms with Gasteiger partial charge in [-0.2, -0.15) is 0 Å². The number of nitrogens with zero attached hydrogens (tertiary/aromatic N) is 1. The zero-order chi connectivity index (χ0) is 12.6. The van der Waals surface area contributed by atoms with Gasteiger partial charge in [0.2, 0.25) is 0 Å². The maximum atomic E-state index is 12.3. The molecule has 0 bridgehead atoms. The van der Waals surface area contributed by atoms with Crippen molar-refractivity contribution in [3.63, 3.8) is 0 Å². The smallest absolute Gasteiger partial charge is 0.407 e. The molecule has 2 fully saturated rings. The van der Waals surface area contributed by atoms with Crippen LogP contribution in [0.2, 0.25) is 0 Å². The van der Waals surface area contributed by atoms with Crippen molar-refractivity contribution in [2.24, 2.45) is 11.3 Å². The monoisotopic (exact) mass is 241 g/mol. The van der Waals surface area contributed by atoms with Crippen LogP contribution in [-0.2, 0) is 4.79 Å². The van der Waals surface area contributed by atoms with Crippen LogP contribution in [0, 0.1) is 11.3 Å². The second kappa shape index (κ2) is 4.29. The van der Waals surface area contributed by atoms with Crippen LogP contribution >= 0.6 is 0 Å². The third-order valence-electron chi connectivity index (χ3n) is 4.37. The number of carbonyl (C=O) groups is 2. The average Bonchev–Trinajstić information content (AvgIpc) is 2.58. The molecule has 2 N–H and O–H groups in total. The molecule has 0 aromatic rings. The summed E-state index contributed by atoms with van der Waals surface area (Å²) in [6, 6.07) is 0. The van der Waals surface area contributed by atoms with Gasteiger partial charge in [-0.15, -0.1) is 0 Å². The Kier molecular flexibility index (Phi) is 3.12. The first-order valence-corrected chi connectivity index (χ1v) is 6.16. The predicted octanol–water partition coefficient (Wildman–Crippen LogP) is 1.11. The third kappa shape index (κ3) is 2.04. The number of carbonyl (C=O) groups excluding carboxylic acids is 1. The number of carboxylic acid groups (broad SMARTS) is 1. The van der Waals surface area contributed by atoms with E-state index >= 15 is 0 Å². The van der Waals surface area contributed by atoms with E-state index in [2.05, 4.69) is 0 Å². The first-order valence-electron chi connectivity index (χ1n) is 6.16. The number of Topliss-reactive ketones (excluding diaryl/α,β-unsaturated/α-hetero) is 1. The summed E-state index contributed by atoms with van der Waals surface area (Å²) in [5, 5.41) is 18.4. The Morgan fingerprint density at radius 3 is 2.41 bits per heavy atom. The molecule has 5 nitrogen and oxygen atoms in total. The normalized spacial score (nSPS) is 29.6. The number of ketones is 1. The SMILES string of the molecule is CC(O)C1CCC2(CCN(C(=O)O)CC2)C1=O. The number of likely N-dealkylation sites (tertiary alicyclic amines) is 1. The molecular formula is C12H19NO4. The maximum Gasteiger partial charge on any atom is 0.407 e. The zero-order valence-corrected chi connectivity index (χ0v) is 10.1. The van der Waals surface area contributed by atoms with Gasteiger partial charge in [0.15, 0.2) is 0 Å². The van der Waals surface area contributed by atoms with E-state index in [9.17, 15) is 14.7 Å². The molecule has 0 aromatic heterocycles. The van der Waals surface area contributed by atoms with Crippen LogP contribution in [0.25, 0.3) is 0 Å². The van der Waals surface area contributed by atoms with Gasteiger partial charge >= 0.3 is 6.09 Å². The van der Waals surface area contributed by atoms with Crippen molar-refractivity contribution < 1.29 is 19.8 Å². The van der Waals surface area contributed by atoms with Gasteiger partial charge in [-0.05, 0) is 32.6 Å².